The molecule has 0 bridgehead atoms. The number of aromatic carboxylic acids is 2. The van der Waals surface area contributed by atoms with E-state index in [1.165, 1.54) is 55.5 Å². The lowest BCUT2D eigenvalue weighted by Gasteiger charge is -2.08. The zero-order chi connectivity index (χ0) is 76.1. The number of esters is 1. The molecule has 0 aliphatic carbocycles. The molecular weight excluding hydrogens is 1330 g/mol. The number of ether oxygens (including phenoxy) is 1. The van der Waals surface area contributed by atoms with Crippen LogP contribution >= 0.6 is 0 Å². The number of nitrogens with one attached hydrogen (secondary N) is 3. The van der Waals surface area contributed by atoms with Gasteiger partial charge in [-0.15, -0.1) is 0 Å². The normalized spacial score (nSPS) is 10.0. The van der Waals surface area contributed by atoms with Crippen LogP contribution in [0.5, 0.6) is 46.0 Å². The van der Waals surface area contributed by atoms with E-state index >= 15 is 0 Å². The second-order valence-corrected chi connectivity index (χ2v) is 24.4. The van der Waals surface area contributed by atoms with Gasteiger partial charge in [0.25, 0.3) is 17.7 Å². The van der Waals surface area contributed by atoms with Crippen LogP contribution in [0.1, 0.15) is 114 Å². The molecule has 3 amide bonds. The highest BCUT2D eigenvalue weighted by atomic mass is 32.2. The van der Waals surface area contributed by atoms with Crippen LogP contribution in [0.2, 0.25) is 0 Å². The van der Waals surface area contributed by atoms with Crippen LogP contribution in [-0.4, -0.2) is 102 Å². The van der Waals surface area contributed by atoms with Crippen LogP contribution in [0, 0.1) is 55.4 Å². The van der Waals surface area contributed by atoms with Gasteiger partial charge in [-0.2, -0.15) is 8.42 Å². The third kappa shape index (κ3) is 30.9. The number of benzene rings is 10. The summed E-state index contributed by atoms with van der Waals surface area (Å²) >= 11 is 0. The Balaban J connectivity index is 0.000000257. The molecule has 10 aromatic rings. The van der Waals surface area contributed by atoms with E-state index in [0.717, 1.165) is 75.0 Å². The number of nitrogens with two attached hydrogens (primary N) is 1. The molecule has 10 aromatic carbocycles. The lowest BCUT2D eigenvalue weighted by atomic mass is 10.1. The molecule has 10 rings (SSSR count). The predicted octanol–water partition coefficient (Wildman–Crippen LogP) is 14.0. The van der Waals surface area contributed by atoms with Crippen LogP contribution < -0.4 is 26.4 Å². The monoisotopic (exact) mass is 1410 g/mol. The van der Waals surface area contributed by atoms with E-state index in [1.807, 2.05) is 104 Å². The smallest absolute Gasteiger partial charge is 0.353 e. The fourth-order valence-corrected chi connectivity index (χ4v) is 9.35. The van der Waals surface area contributed by atoms with Crippen LogP contribution in [0.4, 0.5) is 22.7 Å². The summed E-state index contributed by atoms with van der Waals surface area (Å²) in [6, 6.07) is 54.0. The first-order chi connectivity index (χ1) is 47.8. The lowest BCUT2D eigenvalue weighted by Crippen LogP contribution is -2.12. The number of amides is 3. The van der Waals surface area contributed by atoms with E-state index in [0.29, 0.717) is 45.2 Å². The fraction of sp³-hybridized carbons (Fsp3) is 0.130. The van der Waals surface area contributed by atoms with Crippen molar-refractivity contribution in [1.29, 1.82) is 0 Å². The molecule has 0 aromatic heterocycles. The first-order valence-electron chi connectivity index (χ1n) is 30.4. The number of carbonyl (C=O) groups excluding carboxylic acids is 5. The van der Waals surface area contributed by atoms with E-state index in [4.69, 9.17) is 46.2 Å². The first kappa shape index (κ1) is 81.3. The third-order valence-corrected chi connectivity index (χ3v) is 13.4. The lowest BCUT2D eigenvalue weighted by molar-refractivity contribution is -0.131. The van der Waals surface area contributed by atoms with Crippen molar-refractivity contribution in [3.63, 3.8) is 0 Å². The molecule has 0 heterocycles. The maximum atomic E-state index is 12.2. The van der Waals surface area contributed by atoms with E-state index in [9.17, 15) is 52.2 Å². The summed E-state index contributed by atoms with van der Waals surface area (Å²) in [5.74, 6) is -3.96. The van der Waals surface area contributed by atoms with Gasteiger partial charge in [0.15, 0.2) is 0 Å². The van der Waals surface area contributed by atoms with E-state index < -0.39 is 33.9 Å². The Morgan fingerprint density at radius 2 is 0.578 bits per heavy atom. The number of rotatable bonds is 11. The number of aromatic hydroxyl groups is 7. The molecule has 0 atom stereocenters. The number of hydrogen-bond acceptors (Lipinski definition) is 19. The topological polar surface area (TPSA) is 416 Å². The molecule has 0 saturated heterocycles. The van der Waals surface area contributed by atoms with E-state index in [1.54, 1.807) is 84.9 Å². The summed E-state index contributed by atoms with van der Waals surface area (Å²) in [4.78, 5) is 79.0. The number of carboxylic acid groups (broad SMARTS) is 2. The van der Waals surface area contributed by atoms with Crippen molar-refractivity contribution in [1.82, 2.24) is 0 Å². The molecule has 14 N–H and O–H groups in total. The predicted molar refractivity (Wildman–Crippen MR) is 388 cm³/mol. The van der Waals surface area contributed by atoms with Gasteiger partial charge in [0, 0.05) is 58.5 Å². The van der Waals surface area contributed by atoms with Gasteiger partial charge in [0.2, 0.25) is 0 Å². The number of anilines is 4. The van der Waals surface area contributed by atoms with Crippen LogP contribution in [0.15, 0.2) is 206 Å². The molecule has 0 radical (unpaired) electrons. The Labute approximate surface area is 589 Å². The van der Waals surface area contributed by atoms with Gasteiger partial charge in [0.05, 0.1) is 22.9 Å². The quantitative estimate of drug-likeness (QED) is 0.0188. The van der Waals surface area contributed by atoms with Gasteiger partial charge in [-0.25, -0.2) is 14.4 Å². The number of carboxylic acids is 2. The van der Waals surface area contributed by atoms with Gasteiger partial charge in [-0.05, 0) is 225 Å². The van der Waals surface area contributed by atoms with Crippen LogP contribution in [0.3, 0.4) is 0 Å². The fourth-order valence-electron chi connectivity index (χ4n) is 8.98. The zero-order valence-corrected chi connectivity index (χ0v) is 57.9. The van der Waals surface area contributed by atoms with Crippen molar-refractivity contribution in [2.24, 2.45) is 0 Å². The zero-order valence-electron chi connectivity index (χ0n) is 57.1. The van der Waals surface area contributed by atoms with Gasteiger partial charge in [-0.1, -0.05) is 68.8 Å². The molecule has 0 aliphatic heterocycles. The highest BCUT2D eigenvalue weighted by Crippen LogP contribution is 2.24. The van der Waals surface area contributed by atoms with Crippen molar-refractivity contribution in [2.45, 2.75) is 62.3 Å². The third-order valence-electron chi connectivity index (χ3n) is 13.0. The van der Waals surface area contributed by atoms with Crippen molar-refractivity contribution in [3.8, 4) is 46.0 Å². The highest BCUT2D eigenvalue weighted by molar-refractivity contribution is 7.86. The molecule has 25 heteroatoms. The van der Waals surface area contributed by atoms with Crippen molar-refractivity contribution >= 4 is 74.5 Å². The number of hydrogen-bond donors (Lipinski definition) is 13. The number of aryl methyl sites for hydroxylation is 8. The maximum Gasteiger partial charge on any atom is 0.353 e. The molecule has 102 heavy (non-hydrogen) atoms. The first-order valence-corrected chi connectivity index (χ1v) is 32.2. The average molecular weight is 1410 g/mol. The summed E-state index contributed by atoms with van der Waals surface area (Å²) in [6.45, 7) is 16.6. The number of phenols is 7. The largest absolute Gasteiger partial charge is 0.508 e. The minimum absolute atomic E-state index is 0.1000. The summed E-state index contributed by atoms with van der Waals surface area (Å²) in [6.07, 6.45) is 0.841. The standard InChI is InChI=1S/C17H17NO3.C15H15NO2.C13H11NO4.C10H12O4S.C9H10O2.C7H6O4.C6H7NO/c1-11-8-12(2)10-14(9-11)17(20)18-15-4-6-16(7-5-15)21-13(3)19;1-10-7-11(2)9-12(8-10)15(18)16-13-3-5-14(17)6-4-13;15-10-3-1-9(2-4-10)14-13(18)8-5-11(16)7-12(17)6-8;1-7-4-8(2)6-9(5-7)10(11)14-15(3,12)13;1-6-3-7(2)5-8(4-6)9(10)11;8-5-1-4(7(10)11)2-6(9)3-5;7-5-1-3-6(8)4-2-5/h4-10H,1-3H3,(H,18,20);3-9,17H,1-2H3,(H,16,18);1-7,15-17H,(H,14,18);4-6H,1-3H3;3-5H,1-2H3,(H,10,11);1-3,8-9H,(H,10,11);1-4,8H,7H2. The van der Waals surface area contributed by atoms with Gasteiger partial charge < -0.3 is 76.6 Å². The summed E-state index contributed by atoms with van der Waals surface area (Å²) in [7, 11) is -3.75. The van der Waals surface area contributed by atoms with Gasteiger partial charge in [-0.3, -0.25) is 19.2 Å². The molecular formula is C77H78N4O20S. The minimum atomic E-state index is -3.75. The summed E-state index contributed by atoms with van der Waals surface area (Å²) < 4.78 is 30.7. The second kappa shape index (κ2) is 38.7. The maximum absolute atomic E-state index is 12.2. The summed E-state index contributed by atoms with van der Waals surface area (Å²) in [5, 5.41) is 88.4. The Hall–Kier alpha value is -13.2. The second-order valence-electron chi connectivity index (χ2n) is 22.8. The highest BCUT2D eigenvalue weighted by Gasteiger charge is 2.15. The van der Waals surface area contributed by atoms with Crippen molar-refractivity contribution in [2.75, 3.05) is 27.9 Å². The van der Waals surface area contributed by atoms with E-state index in [-0.39, 0.29) is 74.7 Å². The molecule has 532 valence electrons. The number of phenolic OH excluding ortho intramolecular Hbond substituents is 7. The molecule has 0 unspecified atom stereocenters. The minimum Gasteiger partial charge on any atom is -0.508 e. The molecule has 24 nitrogen and oxygen atoms in total. The Kier molecular flexibility index (Phi) is 30.8. The van der Waals surface area contributed by atoms with Crippen LogP contribution in [0.25, 0.3) is 0 Å². The molecule has 0 spiro atoms. The number of carbonyl (C=O) groups is 7. The summed E-state index contributed by atoms with van der Waals surface area (Å²) in [5.41, 5.74) is 17.6. The average Bonchev–Trinajstić information content (AvgIpc) is 0.869. The van der Waals surface area contributed by atoms with Gasteiger partial charge >= 0.3 is 34.0 Å². The molecule has 0 saturated carbocycles. The molecule has 0 fully saturated rings. The van der Waals surface area contributed by atoms with Gasteiger partial charge in [0.1, 0.15) is 46.0 Å². The number of nitrogen functional groups attached to an aromatic ring is 1. The van der Waals surface area contributed by atoms with E-state index in [2.05, 4.69) is 20.1 Å². The SMILES string of the molecule is CC(=O)Oc1ccc(NC(=O)c2cc(C)cc(C)c2)cc1.Cc1cc(C)cc(C(=O)Nc2ccc(O)cc2)c1.Cc1cc(C)cc(C(=O)O)c1.Cc1cc(C)cc(C(=O)OS(C)(=O)=O)c1.Nc1ccc(O)cc1.O=C(Nc1ccc(O)cc1)c1cc(O)cc(O)c1.O=C(O)c1cc(O)cc(O)c1. The van der Waals surface area contributed by atoms with Crippen molar-refractivity contribution < 1.29 is 96.9 Å². The molecule has 0 aliphatic rings. The van der Waals surface area contributed by atoms with Crippen LogP contribution in [-0.2, 0) is 19.1 Å². The Bertz CT molecular complexity index is 4390. The van der Waals surface area contributed by atoms with Crippen molar-refractivity contribution in [3.05, 3.63) is 284 Å². The Morgan fingerprint density at radius 1 is 0.333 bits per heavy atom. The Morgan fingerprint density at radius 3 is 0.853 bits per heavy atom.